The van der Waals surface area contributed by atoms with Crippen molar-refractivity contribution in [2.45, 2.75) is 0 Å². The third kappa shape index (κ3) is 1.72. The van der Waals surface area contributed by atoms with E-state index >= 15 is 0 Å². The minimum absolute atomic E-state index is 0.811. The van der Waals surface area contributed by atoms with E-state index < -0.39 is 0 Å². The fourth-order valence-electron chi connectivity index (χ4n) is 1.40. The molecule has 0 saturated heterocycles. The molecule has 2 aromatic rings. The Bertz CT molecular complexity index is 408. The van der Waals surface area contributed by atoms with Gasteiger partial charge in [0.15, 0.2) is 0 Å². The van der Waals surface area contributed by atoms with Crippen molar-refractivity contribution in [1.82, 2.24) is 0 Å². The summed E-state index contributed by atoms with van der Waals surface area (Å²) < 4.78 is 1.11. The summed E-state index contributed by atoms with van der Waals surface area (Å²) in [4.78, 5) is 0. The first-order chi connectivity index (χ1) is 6.79. The van der Waals surface area contributed by atoms with Gasteiger partial charge in [0.2, 0.25) is 0 Å². The van der Waals surface area contributed by atoms with Gasteiger partial charge in [-0.25, -0.2) is 0 Å². The van der Waals surface area contributed by atoms with Crippen molar-refractivity contribution in [2.75, 3.05) is 5.73 Å². The number of nitrogens with two attached hydrogens (primary N) is 1. The molecule has 2 rings (SSSR count). The Morgan fingerprint density at radius 2 is 1.36 bits per heavy atom. The van der Waals surface area contributed by atoms with E-state index in [4.69, 9.17) is 5.73 Å². The quantitative estimate of drug-likeness (QED) is 0.626. The molecule has 0 atom stereocenters. The average molecular weight is 275 g/mol. The standard InChI is InChI=1S/C12H10N.Pd/c13-12-9-5-4-8-11(12)10-6-2-1-3-7-10;/h1-6,8-9H,13H2;/q;+1. The van der Waals surface area contributed by atoms with Crippen LogP contribution >= 0.6 is 0 Å². The summed E-state index contributed by atoms with van der Waals surface area (Å²) in [6.07, 6.45) is 0. The van der Waals surface area contributed by atoms with Crippen LogP contribution in [0, 0.1) is 0 Å². The van der Waals surface area contributed by atoms with E-state index in [9.17, 15) is 0 Å². The average Bonchev–Trinajstić information content (AvgIpc) is 2.20. The molecule has 0 fully saturated rings. The van der Waals surface area contributed by atoms with Crippen LogP contribution in [-0.4, -0.2) is 0 Å². The maximum atomic E-state index is 5.90. The van der Waals surface area contributed by atoms with Gasteiger partial charge in [-0.05, 0) is 0 Å². The van der Waals surface area contributed by atoms with Gasteiger partial charge in [-0.15, -0.1) is 0 Å². The van der Waals surface area contributed by atoms with Crippen LogP contribution in [0.1, 0.15) is 0 Å². The fourth-order valence-corrected chi connectivity index (χ4v) is 1.89. The molecule has 0 spiro atoms. The Balaban J connectivity index is 2.61. The SMILES string of the molecule is Nc1ccccc1-c1cccc[c]1[Pd+]. The summed E-state index contributed by atoms with van der Waals surface area (Å²) in [7, 11) is 0. The van der Waals surface area contributed by atoms with Gasteiger partial charge in [-0.2, -0.15) is 0 Å². The predicted octanol–water partition coefficient (Wildman–Crippen LogP) is 2.11. The molecule has 0 saturated carbocycles. The molecular weight excluding hydrogens is 265 g/mol. The molecule has 0 aliphatic heterocycles. The second-order valence-corrected chi connectivity index (χ2v) is 3.87. The zero-order valence-electron chi connectivity index (χ0n) is 7.51. The molecule has 2 aromatic carbocycles. The number of hydrogen-bond donors (Lipinski definition) is 1. The van der Waals surface area contributed by atoms with Gasteiger partial charge in [0.05, 0.1) is 0 Å². The molecule has 0 amide bonds. The summed E-state index contributed by atoms with van der Waals surface area (Å²) >= 11 is 3.23. The van der Waals surface area contributed by atoms with Crippen LogP contribution in [0.4, 0.5) is 5.69 Å². The van der Waals surface area contributed by atoms with Crippen molar-refractivity contribution in [3.63, 3.8) is 0 Å². The van der Waals surface area contributed by atoms with Gasteiger partial charge < -0.3 is 0 Å². The number of hydrogen-bond acceptors (Lipinski definition) is 1. The Morgan fingerprint density at radius 1 is 0.786 bits per heavy atom. The zero-order valence-corrected chi connectivity index (χ0v) is 9.07. The number of rotatable bonds is 1. The number of nitrogen functional groups attached to an aromatic ring is 1. The molecule has 0 aliphatic carbocycles. The maximum absolute atomic E-state index is 5.90. The molecule has 0 aromatic heterocycles. The van der Waals surface area contributed by atoms with Gasteiger partial charge in [-0.3, -0.25) is 0 Å². The van der Waals surface area contributed by atoms with Crippen LogP contribution in [0.5, 0.6) is 0 Å². The van der Waals surface area contributed by atoms with Gasteiger partial charge >= 0.3 is 94.3 Å². The van der Waals surface area contributed by atoms with Crippen molar-refractivity contribution >= 4 is 9.72 Å². The Morgan fingerprint density at radius 3 is 2.00 bits per heavy atom. The first kappa shape index (κ1) is 9.46. The summed E-state index contributed by atoms with van der Waals surface area (Å²) in [5.74, 6) is 0. The normalized spacial score (nSPS) is 10.1. The Hall–Kier alpha value is -1.10. The fraction of sp³-hybridized carbons (Fsp3) is 0. The van der Waals surface area contributed by atoms with Crippen LogP contribution in [0.3, 0.4) is 0 Å². The molecule has 72 valence electrons. The Labute approximate surface area is 94.4 Å². The van der Waals surface area contributed by atoms with E-state index in [1.807, 2.05) is 42.5 Å². The van der Waals surface area contributed by atoms with Gasteiger partial charge in [-0.1, -0.05) is 0 Å². The molecule has 0 aliphatic rings. The van der Waals surface area contributed by atoms with E-state index in [0.717, 1.165) is 20.9 Å². The molecule has 0 heterocycles. The van der Waals surface area contributed by atoms with Gasteiger partial charge in [0.1, 0.15) is 0 Å². The number of benzene rings is 2. The van der Waals surface area contributed by atoms with Crippen LogP contribution < -0.4 is 9.77 Å². The van der Waals surface area contributed by atoms with Crippen LogP contribution in [0.2, 0.25) is 0 Å². The van der Waals surface area contributed by atoms with Crippen LogP contribution in [0.25, 0.3) is 11.1 Å². The predicted molar refractivity (Wildman–Crippen MR) is 55.9 cm³/mol. The van der Waals surface area contributed by atoms with E-state index in [-0.39, 0.29) is 0 Å². The molecule has 1 nitrogen and oxygen atoms in total. The number of para-hydroxylation sites is 1. The van der Waals surface area contributed by atoms with Gasteiger partial charge in [0, 0.05) is 0 Å². The summed E-state index contributed by atoms with van der Waals surface area (Å²) in [6, 6.07) is 16.0. The van der Waals surface area contributed by atoms with Crippen molar-refractivity contribution in [3.8, 4) is 11.1 Å². The first-order valence-electron chi connectivity index (χ1n) is 4.35. The third-order valence-corrected chi connectivity index (χ3v) is 2.78. The number of anilines is 1. The molecule has 14 heavy (non-hydrogen) atoms. The molecule has 0 unspecified atom stereocenters. The second-order valence-electron chi connectivity index (χ2n) is 3.03. The van der Waals surface area contributed by atoms with E-state index in [1.165, 1.54) is 0 Å². The minimum atomic E-state index is 0.811. The second kappa shape index (κ2) is 3.96. The monoisotopic (exact) mass is 274 g/mol. The first-order valence-corrected chi connectivity index (χ1v) is 5.13. The van der Waals surface area contributed by atoms with Gasteiger partial charge in [0.25, 0.3) is 0 Å². The van der Waals surface area contributed by atoms with Crippen LogP contribution in [0.15, 0.2) is 48.5 Å². The summed E-state index contributed by atoms with van der Waals surface area (Å²) in [5.41, 5.74) is 8.94. The van der Waals surface area contributed by atoms with E-state index in [2.05, 4.69) is 25.3 Å². The van der Waals surface area contributed by atoms with E-state index in [1.54, 1.807) is 0 Å². The molecule has 2 N–H and O–H groups in total. The molecule has 2 heteroatoms. The molecule has 0 bridgehead atoms. The van der Waals surface area contributed by atoms with E-state index in [0.29, 0.717) is 0 Å². The van der Waals surface area contributed by atoms with Crippen molar-refractivity contribution in [1.29, 1.82) is 0 Å². The Kier molecular flexibility index (Phi) is 2.67. The van der Waals surface area contributed by atoms with Crippen molar-refractivity contribution in [3.05, 3.63) is 48.5 Å². The molecular formula is C12H10NPd+. The van der Waals surface area contributed by atoms with Crippen molar-refractivity contribution in [2.24, 2.45) is 0 Å². The zero-order chi connectivity index (χ0) is 9.97. The summed E-state index contributed by atoms with van der Waals surface area (Å²) in [6.45, 7) is 0. The summed E-state index contributed by atoms with van der Waals surface area (Å²) in [5, 5.41) is 0. The molecule has 0 radical (unpaired) electrons. The third-order valence-electron chi connectivity index (χ3n) is 2.10. The van der Waals surface area contributed by atoms with Crippen molar-refractivity contribution < 1.29 is 19.2 Å². The topological polar surface area (TPSA) is 26.0 Å². The van der Waals surface area contributed by atoms with Crippen LogP contribution in [-0.2, 0) is 19.2 Å².